The number of rotatable bonds is 6. The first-order chi connectivity index (χ1) is 11.7. The fraction of sp³-hybridized carbons (Fsp3) is 0.333. The van der Waals surface area contributed by atoms with Gasteiger partial charge in [0.05, 0.1) is 0 Å². The summed E-state index contributed by atoms with van der Waals surface area (Å²) in [5, 5.41) is 2.92. The number of hydrogen-bond acceptors (Lipinski definition) is 2. The minimum Gasteiger partial charge on any atom is -0.326 e. The Kier molecular flexibility index (Phi) is 5.09. The van der Waals surface area contributed by atoms with E-state index in [-0.39, 0.29) is 24.5 Å². The number of fused-ring (bicyclic) bond motifs is 1. The number of hydrogen-bond donors (Lipinski definition) is 1. The first kappa shape index (κ1) is 16.4. The van der Waals surface area contributed by atoms with Crippen LogP contribution < -0.4 is 5.32 Å². The number of anilines is 1. The minimum absolute atomic E-state index is 0.0450. The average Bonchev–Trinajstić information content (AvgIpc) is 3.07. The molecule has 24 heavy (non-hydrogen) atoms. The highest BCUT2D eigenvalue weighted by atomic mass is 16.2. The number of benzene rings is 2. The van der Waals surface area contributed by atoms with Crippen LogP contribution in [0.25, 0.3) is 0 Å². The van der Waals surface area contributed by atoms with Crippen molar-refractivity contribution in [3.05, 3.63) is 64.7 Å². The minimum atomic E-state index is -0.106. The summed E-state index contributed by atoms with van der Waals surface area (Å²) in [6.07, 6.45) is 4.68. The Bertz CT molecular complexity index is 764. The van der Waals surface area contributed by atoms with Crippen molar-refractivity contribution in [1.82, 2.24) is 0 Å². The molecule has 0 aliphatic heterocycles. The van der Waals surface area contributed by atoms with Crippen molar-refractivity contribution < 1.29 is 9.59 Å². The number of aryl methyl sites for hydroxylation is 3. The zero-order valence-electron chi connectivity index (χ0n) is 14.1. The van der Waals surface area contributed by atoms with Gasteiger partial charge in [0, 0.05) is 24.1 Å². The molecule has 0 radical (unpaired) electrons. The second-order valence-corrected chi connectivity index (χ2v) is 6.32. The fourth-order valence-corrected chi connectivity index (χ4v) is 3.28. The maximum Gasteiger partial charge on any atom is 0.224 e. The van der Waals surface area contributed by atoms with E-state index in [4.69, 9.17) is 0 Å². The van der Waals surface area contributed by atoms with Crippen molar-refractivity contribution in [2.24, 2.45) is 0 Å². The molecule has 0 heterocycles. The highest BCUT2D eigenvalue weighted by Crippen LogP contribution is 2.23. The number of nitrogens with one attached hydrogen (secondary N) is 1. The zero-order valence-corrected chi connectivity index (χ0v) is 14.1. The van der Waals surface area contributed by atoms with Crippen LogP contribution in [-0.4, -0.2) is 11.7 Å². The predicted octanol–water partition coefficient (Wildman–Crippen LogP) is 4.34. The second kappa shape index (κ2) is 7.43. The molecule has 124 valence electrons. The van der Waals surface area contributed by atoms with E-state index in [1.54, 1.807) is 0 Å². The molecule has 3 rings (SSSR count). The highest BCUT2D eigenvalue weighted by Gasteiger charge is 2.15. The van der Waals surface area contributed by atoms with Gasteiger partial charge in [-0.05, 0) is 54.5 Å². The van der Waals surface area contributed by atoms with Crippen LogP contribution >= 0.6 is 0 Å². The summed E-state index contributed by atoms with van der Waals surface area (Å²) in [6.45, 7) is 2.06. The van der Waals surface area contributed by atoms with E-state index in [0.717, 1.165) is 36.1 Å². The molecular formula is C21H23NO2. The number of amides is 1. The maximum absolute atomic E-state index is 12.3. The van der Waals surface area contributed by atoms with Gasteiger partial charge in [-0.15, -0.1) is 0 Å². The Morgan fingerprint density at radius 1 is 1.00 bits per heavy atom. The molecule has 1 aliphatic rings. The van der Waals surface area contributed by atoms with Gasteiger partial charge < -0.3 is 5.32 Å². The largest absolute Gasteiger partial charge is 0.326 e. The van der Waals surface area contributed by atoms with Crippen molar-refractivity contribution in [2.45, 2.75) is 45.4 Å². The van der Waals surface area contributed by atoms with Gasteiger partial charge in [0.15, 0.2) is 5.78 Å². The smallest absolute Gasteiger partial charge is 0.224 e. The van der Waals surface area contributed by atoms with E-state index in [1.165, 1.54) is 17.5 Å². The van der Waals surface area contributed by atoms with Crippen LogP contribution in [0.4, 0.5) is 5.69 Å². The topological polar surface area (TPSA) is 46.2 Å². The predicted molar refractivity (Wildman–Crippen MR) is 96.5 cm³/mol. The summed E-state index contributed by atoms with van der Waals surface area (Å²) < 4.78 is 0. The third kappa shape index (κ3) is 3.73. The van der Waals surface area contributed by atoms with Crippen LogP contribution in [0.5, 0.6) is 0 Å². The number of carbonyl (C=O) groups is 2. The van der Waals surface area contributed by atoms with Crippen molar-refractivity contribution in [3.63, 3.8) is 0 Å². The van der Waals surface area contributed by atoms with Crippen molar-refractivity contribution in [2.75, 3.05) is 5.32 Å². The molecule has 0 bridgehead atoms. The number of carbonyl (C=O) groups excluding carboxylic acids is 2. The SMILES string of the molecule is CCc1ccccc1NC(=O)CCC(=O)c1ccc2c(c1)CCC2. The van der Waals surface area contributed by atoms with Crippen molar-refractivity contribution in [1.29, 1.82) is 0 Å². The first-order valence-electron chi connectivity index (χ1n) is 8.70. The highest BCUT2D eigenvalue weighted by molar-refractivity contribution is 6.00. The molecule has 0 atom stereocenters. The van der Waals surface area contributed by atoms with Gasteiger partial charge in [-0.2, -0.15) is 0 Å². The van der Waals surface area contributed by atoms with Gasteiger partial charge in [0.1, 0.15) is 0 Å². The third-order valence-electron chi connectivity index (χ3n) is 4.67. The molecule has 0 saturated heterocycles. The molecule has 0 fully saturated rings. The first-order valence-corrected chi connectivity index (χ1v) is 8.70. The second-order valence-electron chi connectivity index (χ2n) is 6.32. The van der Waals surface area contributed by atoms with E-state index in [1.807, 2.05) is 36.4 Å². The van der Waals surface area contributed by atoms with E-state index < -0.39 is 0 Å². The summed E-state index contributed by atoms with van der Waals surface area (Å²) in [7, 11) is 0. The van der Waals surface area contributed by atoms with Crippen LogP contribution in [0.2, 0.25) is 0 Å². The third-order valence-corrected chi connectivity index (χ3v) is 4.67. The lowest BCUT2D eigenvalue weighted by Gasteiger charge is -2.09. The number of para-hydroxylation sites is 1. The van der Waals surface area contributed by atoms with Crippen molar-refractivity contribution >= 4 is 17.4 Å². The number of Topliss-reactive ketones (excluding diaryl/α,β-unsaturated/α-hetero) is 1. The molecule has 3 nitrogen and oxygen atoms in total. The van der Waals surface area contributed by atoms with Gasteiger partial charge >= 0.3 is 0 Å². The summed E-state index contributed by atoms with van der Waals surface area (Å²) in [5.41, 5.74) is 5.34. The molecule has 1 aliphatic carbocycles. The molecule has 0 aromatic heterocycles. The monoisotopic (exact) mass is 321 g/mol. The van der Waals surface area contributed by atoms with E-state index in [9.17, 15) is 9.59 Å². The van der Waals surface area contributed by atoms with Crippen LogP contribution in [0.3, 0.4) is 0 Å². The Morgan fingerprint density at radius 3 is 2.62 bits per heavy atom. The molecule has 2 aromatic carbocycles. The van der Waals surface area contributed by atoms with Crippen LogP contribution in [0, 0.1) is 0 Å². The van der Waals surface area contributed by atoms with Gasteiger partial charge in [-0.1, -0.05) is 37.3 Å². The van der Waals surface area contributed by atoms with Crippen LogP contribution in [-0.2, 0) is 24.1 Å². The summed E-state index contributed by atoms with van der Waals surface area (Å²) in [6, 6.07) is 13.7. The van der Waals surface area contributed by atoms with Gasteiger partial charge in [0.2, 0.25) is 5.91 Å². The van der Waals surface area contributed by atoms with Crippen LogP contribution in [0.15, 0.2) is 42.5 Å². The molecule has 3 heteroatoms. The van der Waals surface area contributed by atoms with E-state index >= 15 is 0 Å². The number of ketones is 1. The van der Waals surface area contributed by atoms with Crippen molar-refractivity contribution in [3.8, 4) is 0 Å². The molecule has 1 amide bonds. The average molecular weight is 321 g/mol. The van der Waals surface area contributed by atoms with Gasteiger partial charge in [0.25, 0.3) is 0 Å². The van der Waals surface area contributed by atoms with E-state index in [0.29, 0.717) is 0 Å². The zero-order chi connectivity index (χ0) is 16.9. The van der Waals surface area contributed by atoms with E-state index in [2.05, 4.69) is 18.3 Å². The standard InChI is InChI=1S/C21H23NO2/c1-2-15-6-3-4-9-19(15)22-21(24)13-12-20(23)18-11-10-16-7-5-8-17(16)14-18/h3-4,6,9-11,14H,2,5,7-8,12-13H2,1H3,(H,22,24). The normalized spacial score (nSPS) is 12.7. The fourth-order valence-electron chi connectivity index (χ4n) is 3.28. The summed E-state index contributed by atoms with van der Waals surface area (Å²) >= 11 is 0. The molecule has 0 spiro atoms. The maximum atomic E-state index is 12.3. The Morgan fingerprint density at radius 2 is 1.79 bits per heavy atom. The molecule has 0 saturated carbocycles. The summed E-state index contributed by atoms with van der Waals surface area (Å²) in [4.78, 5) is 24.5. The lowest BCUT2D eigenvalue weighted by atomic mass is 10.0. The molecule has 0 unspecified atom stereocenters. The lowest BCUT2D eigenvalue weighted by Crippen LogP contribution is -2.14. The Balaban J connectivity index is 1.57. The Hall–Kier alpha value is -2.42. The Labute approximate surface area is 143 Å². The summed E-state index contributed by atoms with van der Waals surface area (Å²) in [5.74, 6) is -0.0611. The molecule has 1 N–H and O–H groups in total. The lowest BCUT2D eigenvalue weighted by molar-refractivity contribution is -0.116. The molecule has 2 aromatic rings. The molecular weight excluding hydrogens is 298 g/mol. The van der Waals surface area contributed by atoms with Gasteiger partial charge in [-0.25, -0.2) is 0 Å². The van der Waals surface area contributed by atoms with Crippen LogP contribution in [0.1, 0.15) is 53.2 Å². The van der Waals surface area contributed by atoms with Gasteiger partial charge in [-0.3, -0.25) is 9.59 Å². The quantitative estimate of drug-likeness (QED) is 0.805.